The zero-order valence-electron chi connectivity index (χ0n) is 13.9. The van der Waals surface area contributed by atoms with Crippen LogP contribution in [0.1, 0.15) is 36.5 Å². The van der Waals surface area contributed by atoms with E-state index in [1.54, 1.807) is 6.07 Å². The Morgan fingerprint density at radius 1 is 1.17 bits per heavy atom. The van der Waals surface area contributed by atoms with Gasteiger partial charge < -0.3 is 9.47 Å². The fourth-order valence-corrected chi connectivity index (χ4v) is 2.58. The van der Waals surface area contributed by atoms with Crippen LogP contribution in [-0.2, 0) is 4.79 Å². The molecule has 0 aliphatic carbocycles. The maximum atomic E-state index is 12.0. The molecule has 0 aliphatic heterocycles. The highest BCUT2D eigenvalue weighted by atomic mass is 79.9. The number of carbonyl (C=O) groups excluding carboxylic acids is 1. The summed E-state index contributed by atoms with van der Waals surface area (Å²) in [5.74, 6) is 1.15. The molecule has 2 rings (SSSR count). The first-order valence-corrected chi connectivity index (χ1v) is 8.36. The van der Waals surface area contributed by atoms with Crippen LogP contribution < -0.4 is 9.47 Å². The topological polar surface area (TPSA) is 35.5 Å². The molecule has 3 nitrogen and oxygen atoms in total. The standard InChI is InChI=1S/C19H21BrO3/c1-12(2)16-10-17(20)14(4)9-18(16)22-11-19(21)23-15-7-5-6-13(3)8-15/h5-10,12H,11H2,1-4H3. The Kier molecular flexibility index (Phi) is 5.83. The van der Waals surface area contributed by atoms with Crippen molar-refractivity contribution in [2.75, 3.05) is 6.61 Å². The number of esters is 1. The number of aryl methyl sites for hydroxylation is 2. The normalized spacial score (nSPS) is 10.7. The van der Waals surface area contributed by atoms with Gasteiger partial charge >= 0.3 is 5.97 Å². The summed E-state index contributed by atoms with van der Waals surface area (Å²) >= 11 is 3.53. The van der Waals surface area contributed by atoms with Gasteiger partial charge in [-0.1, -0.05) is 41.9 Å². The lowest BCUT2D eigenvalue weighted by Gasteiger charge is -2.15. The van der Waals surface area contributed by atoms with Crippen LogP contribution >= 0.6 is 15.9 Å². The zero-order chi connectivity index (χ0) is 17.0. The predicted octanol–water partition coefficient (Wildman–Crippen LogP) is 5.17. The van der Waals surface area contributed by atoms with Crippen LogP contribution in [0, 0.1) is 13.8 Å². The number of halogens is 1. The van der Waals surface area contributed by atoms with Gasteiger partial charge in [-0.2, -0.15) is 0 Å². The van der Waals surface area contributed by atoms with Gasteiger partial charge in [0, 0.05) is 4.47 Å². The Labute approximate surface area is 145 Å². The van der Waals surface area contributed by atoms with Gasteiger partial charge in [0.1, 0.15) is 11.5 Å². The molecule has 0 radical (unpaired) electrons. The number of rotatable bonds is 5. The molecule has 0 amide bonds. The molecule has 0 fully saturated rings. The molecule has 0 N–H and O–H groups in total. The van der Waals surface area contributed by atoms with Gasteiger partial charge in [0.2, 0.25) is 0 Å². The fraction of sp³-hybridized carbons (Fsp3) is 0.316. The SMILES string of the molecule is Cc1cccc(OC(=O)COc2cc(C)c(Br)cc2C(C)C)c1. The zero-order valence-corrected chi connectivity index (χ0v) is 15.4. The monoisotopic (exact) mass is 376 g/mol. The Morgan fingerprint density at radius 2 is 1.91 bits per heavy atom. The van der Waals surface area contributed by atoms with Crippen molar-refractivity contribution in [3.63, 3.8) is 0 Å². The van der Waals surface area contributed by atoms with Crippen LogP contribution in [0.5, 0.6) is 11.5 Å². The summed E-state index contributed by atoms with van der Waals surface area (Å²) in [6.45, 7) is 8.01. The Hall–Kier alpha value is -1.81. The number of hydrogen-bond donors (Lipinski definition) is 0. The van der Waals surface area contributed by atoms with E-state index < -0.39 is 5.97 Å². The number of ether oxygens (including phenoxy) is 2. The second-order valence-corrected chi connectivity index (χ2v) is 6.73. The summed E-state index contributed by atoms with van der Waals surface area (Å²) in [5.41, 5.74) is 3.17. The van der Waals surface area contributed by atoms with Gasteiger partial charge in [0.05, 0.1) is 0 Å². The summed E-state index contributed by atoms with van der Waals surface area (Å²) < 4.78 is 12.0. The number of carbonyl (C=O) groups is 1. The molecule has 0 aromatic heterocycles. The summed E-state index contributed by atoms with van der Waals surface area (Å²) in [7, 11) is 0. The van der Waals surface area contributed by atoms with E-state index in [2.05, 4.69) is 29.8 Å². The second kappa shape index (κ2) is 7.64. The fourth-order valence-electron chi connectivity index (χ4n) is 2.22. The molecular weight excluding hydrogens is 356 g/mol. The van der Waals surface area contributed by atoms with E-state index >= 15 is 0 Å². The molecule has 23 heavy (non-hydrogen) atoms. The molecule has 0 unspecified atom stereocenters. The van der Waals surface area contributed by atoms with E-state index in [9.17, 15) is 4.79 Å². The lowest BCUT2D eigenvalue weighted by molar-refractivity contribution is -0.136. The average molecular weight is 377 g/mol. The number of benzene rings is 2. The van der Waals surface area contributed by atoms with Crippen LogP contribution in [0.15, 0.2) is 40.9 Å². The third-order valence-electron chi connectivity index (χ3n) is 3.48. The van der Waals surface area contributed by atoms with Crippen molar-refractivity contribution in [1.29, 1.82) is 0 Å². The Morgan fingerprint density at radius 3 is 2.57 bits per heavy atom. The van der Waals surface area contributed by atoms with Crippen LogP contribution in [0.25, 0.3) is 0 Å². The minimum Gasteiger partial charge on any atom is -0.482 e. The van der Waals surface area contributed by atoms with Crippen molar-refractivity contribution in [2.45, 2.75) is 33.6 Å². The molecule has 0 atom stereocenters. The molecule has 0 saturated carbocycles. The molecular formula is C19H21BrO3. The summed E-state index contributed by atoms with van der Waals surface area (Å²) in [6, 6.07) is 11.4. The van der Waals surface area contributed by atoms with Crippen LogP contribution in [0.2, 0.25) is 0 Å². The summed E-state index contributed by atoms with van der Waals surface area (Å²) in [4.78, 5) is 12.0. The van der Waals surface area contributed by atoms with Crippen LogP contribution in [-0.4, -0.2) is 12.6 Å². The third-order valence-corrected chi connectivity index (χ3v) is 4.33. The highest BCUT2D eigenvalue weighted by Crippen LogP contribution is 2.32. The van der Waals surface area contributed by atoms with Gasteiger partial charge in [-0.25, -0.2) is 4.79 Å². The van der Waals surface area contributed by atoms with E-state index in [1.807, 2.05) is 44.2 Å². The maximum Gasteiger partial charge on any atom is 0.349 e. The Balaban J connectivity index is 2.05. The molecule has 0 aliphatic rings. The van der Waals surface area contributed by atoms with Crippen molar-refractivity contribution < 1.29 is 14.3 Å². The van der Waals surface area contributed by atoms with Crippen molar-refractivity contribution in [3.8, 4) is 11.5 Å². The van der Waals surface area contributed by atoms with Gasteiger partial charge in [0.15, 0.2) is 6.61 Å². The van der Waals surface area contributed by atoms with E-state index in [0.29, 0.717) is 11.7 Å². The smallest absolute Gasteiger partial charge is 0.349 e. The number of hydrogen-bond acceptors (Lipinski definition) is 3. The van der Waals surface area contributed by atoms with Crippen molar-refractivity contribution in [3.05, 3.63) is 57.6 Å². The molecule has 0 saturated heterocycles. The molecule has 0 heterocycles. The van der Waals surface area contributed by atoms with E-state index in [4.69, 9.17) is 9.47 Å². The van der Waals surface area contributed by atoms with Gasteiger partial charge in [-0.05, 0) is 60.7 Å². The molecule has 2 aromatic rings. The quantitative estimate of drug-likeness (QED) is 0.533. The lowest BCUT2D eigenvalue weighted by Crippen LogP contribution is -2.18. The highest BCUT2D eigenvalue weighted by molar-refractivity contribution is 9.10. The van der Waals surface area contributed by atoms with Crippen LogP contribution in [0.3, 0.4) is 0 Å². The molecule has 4 heteroatoms. The maximum absolute atomic E-state index is 12.0. The van der Waals surface area contributed by atoms with Gasteiger partial charge in [-0.3, -0.25) is 0 Å². The van der Waals surface area contributed by atoms with Crippen LogP contribution in [0.4, 0.5) is 0 Å². The van der Waals surface area contributed by atoms with Gasteiger partial charge in [0.25, 0.3) is 0 Å². The highest BCUT2D eigenvalue weighted by Gasteiger charge is 2.13. The van der Waals surface area contributed by atoms with E-state index in [0.717, 1.165) is 26.9 Å². The second-order valence-electron chi connectivity index (χ2n) is 5.87. The van der Waals surface area contributed by atoms with Crippen molar-refractivity contribution in [2.24, 2.45) is 0 Å². The van der Waals surface area contributed by atoms with Crippen molar-refractivity contribution >= 4 is 21.9 Å². The molecule has 2 aromatic carbocycles. The lowest BCUT2D eigenvalue weighted by atomic mass is 10.0. The summed E-state index contributed by atoms with van der Waals surface area (Å²) in [6.07, 6.45) is 0. The third kappa shape index (κ3) is 4.83. The molecule has 0 spiro atoms. The minimum atomic E-state index is -0.411. The molecule has 0 bridgehead atoms. The van der Waals surface area contributed by atoms with Gasteiger partial charge in [-0.15, -0.1) is 0 Å². The minimum absolute atomic E-state index is 0.116. The first-order valence-electron chi connectivity index (χ1n) is 7.57. The summed E-state index contributed by atoms with van der Waals surface area (Å²) in [5, 5.41) is 0. The van der Waals surface area contributed by atoms with E-state index in [1.165, 1.54) is 0 Å². The Bertz CT molecular complexity index is 708. The predicted molar refractivity (Wildman–Crippen MR) is 95.3 cm³/mol. The first kappa shape index (κ1) is 17.5. The van der Waals surface area contributed by atoms with Crippen molar-refractivity contribution in [1.82, 2.24) is 0 Å². The first-order chi connectivity index (χ1) is 10.9. The van der Waals surface area contributed by atoms with E-state index in [-0.39, 0.29) is 6.61 Å². The largest absolute Gasteiger partial charge is 0.482 e. The molecule has 122 valence electrons. The average Bonchev–Trinajstić information content (AvgIpc) is 2.47.